The van der Waals surface area contributed by atoms with Crippen LogP contribution in [0.4, 0.5) is 0 Å². The number of Topliss-reactive ketones (excluding diaryl/α,β-unsaturated/α-hetero) is 2. The summed E-state index contributed by atoms with van der Waals surface area (Å²) in [6, 6.07) is 7.70. The van der Waals surface area contributed by atoms with Crippen LogP contribution < -0.4 is 0 Å². The van der Waals surface area contributed by atoms with E-state index in [2.05, 4.69) is 0 Å². The van der Waals surface area contributed by atoms with Crippen molar-refractivity contribution < 1.29 is 9.59 Å². The lowest BCUT2D eigenvalue weighted by molar-refractivity contribution is -0.142. The number of carbonyl (C=O) groups is 2. The van der Waals surface area contributed by atoms with E-state index in [4.69, 9.17) is 11.6 Å². The van der Waals surface area contributed by atoms with E-state index in [1.807, 2.05) is 24.3 Å². The highest BCUT2D eigenvalue weighted by Crippen LogP contribution is 2.85. The molecule has 0 radical (unpaired) electrons. The fourth-order valence-corrected chi connectivity index (χ4v) is 8.60. The van der Waals surface area contributed by atoms with Crippen molar-refractivity contribution in [3.63, 3.8) is 0 Å². The van der Waals surface area contributed by atoms with Gasteiger partial charge in [0, 0.05) is 27.7 Å². The maximum absolute atomic E-state index is 13.0. The van der Waals surface area contributed by atoms with Crippen LogP contribution in [-0.2, 0) is 9.59 Å². The molecule has 5 fully saturated rings. The highest BCUT2D eigenvalue weighted by atomic mass is 35.5. The van der Waals surface area contributed by atoms with E-state index in [0.717, 1.165) is 11.3 Å². The number of halogens is 1. The van der Waals surface area contributed by atoms with Crippen LogP contribution in [0.5, 0.6) is 0 Å². The summed E-state index contributed by atoms with van der Waals surface area (Å²) >= 11 is 7.61. The molecule has 8 unspecified atom stereocenters. The van der Waals surface area contributed by atoms with Crippen LogP contribution >= 0.6 is 23.4 Å². The van der Waals surface area contributed by atoms with E-state index in [1.165, 1.54) is 0 Å². The maximum atomic E-state index is 13.0. The molecule has 0 saturated heterocycles. The van der Waals surface area contributed by atoms with Crippen LogP contribution in [0.2, 0.25) is 5.02 Å². The van der Waals surface area contributed by atoms with Crippen LogP contribution in [0.15, 0.2) is 29.2 Å². The molecule has 5 aliphatic rings. The minimum absolute atomic E-state index is 0.0226. The maximum Gasteiger partial charge on any atom is 0.154 e. The highest BCUT2D eigenvalue weighted by molar-refractivity contribution is 8.01. The zero-order valence-corrected chi connectivity index (χ0v) is 12.7. The molecule has 2 bridgehead atoms. The molecule has 4 heteroatoms. The van der Waals surface area contributed by atoms with Crippen LogP contribution in [0, 0.1) is 41.4 Å². The Bertz CT molecular complexity index is 727. The standard InChI is InChI=1S/C17H13ClO2S/c18-6-1-3-7(4-2-6)21-17-13-9-5-8-10(11(9)16(17)20)15(19)14(17)12(8)13/h1-4,8-14H,5H2. The molecule has 0 heterocycles. The topological polar surface area (TPSA) is 34.1 Å². The summed E-state index contributed by atoms with van der Waals surface area (Å²) < 4.78 is -0.410. The van der Waals surface area contributed by atoms with Crippen molar-refractivity contribution in [1.29, 1.82) is 0 Å². The quantitative estimate of drug-likeness (QED) is 0.841. The Hall–Kier alpha value is -0.800. The second-order valence-electron chi connectivity index (χ2n) is 7.31. The Morgan fingerprint density at radius 3 is 2.62 bits per heavy atom. The molecule has 1 aromatic rings. The molecule has 5 aliphatic carbocycles. The Kier molecular flexibility index (Phi) is 1.82. The Labute approximate surface area is 131 Å². The van der Waals surface area contributed by atoms with E-state index >= 15 is 0 Å². The average Bonchev–Trinajstić information content (AvgIpc) is 3.00. The SMILES string of the molecule is O=C1C2C3CC4C2C(=O)C2(Sc5ccc(Cl)cc5)C1C3C42. The third-order valence-electron chi connectivity index (χ3n) is 6.99. The van der Waals surface area contributed by atoms with Gasteiger partial charge < -0.3 is 0 Å². The van der Waals surface area contributed by atoms with Crippen molar-refractivity contribution in [1.82, 2.24) is 0 Å². The van der Waals surface area contributed by atoms with Crippen LogP contribution in [0.1, 0.15) is 6.42 Å². The van der Waals surface area contributed by atoms with Gasteiger partial charge in [0.05, 0.1) is 4.75 Å². The molecular formula is C17H13ClO2S. The molecule has 0 N–H and O–H groups in total. The van der Waals surface area contributed by atoms with Crippen molar-refractivity contribution in [2.24, 2.45) is 41.4 Å². The fourth-order valence-electron chi connectivity index (χ4n) is 6.70. The number of thioether (sulfide) groups is 1. The zero-order valence-electron chi connectivity index (χ0n) is 11.2. The number of rotatable bonds is 2. The summed E-state index contributed by atoms with van der Waals surface area (Å²) in [6.07, 6.45) is 1.14. The highest BCUT2D eigenvalue weighted by Gasteiger charge is 2.90. The molecule has 21 heavy (non-hydrogen) atoms. The predicted octanol–water partition coefficient (Wildman–Crippen LogP) is 3.08. The number of hydrogen-bond acceptors (Lipinski definition) is 3. The number of ketones is 2. The molecule has 2 nitrogen and oxygen atoms in total. The first-order chi connectivity index (χ1) is 10.1. The van der Waals surface area contributed by atoms with Gasteiger partial charge in [-0.3, -0.25) is 9.59 Å². The predicted molar refractivity (Wildman–Crippen MR) is 79.1 cm³/mol. The van der Waals surface area contributed by atoms with Crippen molar-refractivity contribution in [2.75, 3.05) is 0 Å². The monoisotopic (exact) mass is 316 g/mol. The first kappa shape index (κ1) is 11.7. The summed E-state index contributed by atoms with van der Waals surface area (Å²) in [4.78, 5) is 26.8. The molecular weight excluding hydrogens is 304 g/mol. The molecule has 0 amide bonds. The van der Waals surface area contributed by atoms with Crippen LogP contribution in [0.3, 0.4) is 0 Å². The van der Waals surface area contributed by atoms with Crippen LogP contribution in [-0.4, -0.2) is 16.3 Å². The van der Waals surface area contributed by atoms with Crippen molar-refractivity contribution in [3.8, 4) is 0 Å². The summed E-state index contributed by atoms with van der Waals surface area (Å²) in [7, 11) is 0. The van der Waals surface area contributed by atoms with Gasteiger partial charge in [-0.2, -0.15) is 0 Å². The number of fused-ring (bicyclic) bond motifs is 2. The van der Waals surface area contributed by atoms with E-state index in [9.17, 15) is 9.59 Å². The second-order valence-corrected chi connectivity index (χ2v) is 9.10. The van der Waals surface area contributed by atoms with Gasteiger partial charge in [0.2, 0.25) is 0 Å². The minimum Gasteiger partial charge on any atom is -0.299 e. The molecule has 6 rings (SSSR count). The Morgan fingerprint density at radius 1 is 1.10 bits per heavy atom. The molecule has 8 atom stereocenters. The number of carbonyl (C=O) groups excluding carboxylic acids is 2. The first-order valence-corrected chi connectivity index (χ1v) is 8.86. The van der Waals surface area contributed by atoms with Gasteiger partial charge in [0.15, 0.2) is 5.78 Å². The normalized spacial score (nSPS) is 53.9. The Morgan fingerprint density at radius 2 is 1.86 bits per heavy atom. The molecule has 5 saturated carbocycles. The third kappa shape index (κ3) is 0.978. The van der Waals surface area contributed by atoms with E-state index in [-0.39, 0.29) is 17.8 Å². The van der Waals surface area contributed by atoms with Gasteiger partial charge in [-0.15, -0.1) is 11.8 Å². The van der Waals surface area contributed by atoms with E-state index in [1.54, 1.807) is 11.8 Å². The summed E-state index contributed by atoms with van der Waals surface area (Å²) in [6.45, 7) is 0. The van der Waals surface area contributed by atoms with Gasteiger partial charge in [0.25, 0.3) is 0 Å². The van der Waals surface area contributed by atoms with E-state index < -0.39 is 4.75 Å². The van der Waals surface area contributed by atoms with Gasteiger partial charge >= 0.3 is 0 Å². The molecule has 1 aromatic carbocycles. The van der Waals surface area contributed by atoms with Gasteiger partial charge in [0.1, 0.15) is 5.78 Å². The second kappa shape index (κ2) is 3.26. The lowest BCUT2D eigenvalue weighted by Crippen LogP contribution is -2.62. The Balaban J connectivity index is 1.49. The minimum atomic E-state index is -0.410. The summed E-state index contributed by atoms with van der Waals surface area (Å²) in [5, 5.41) is 0.710. The molecule has 0 aliphatic heterocycles. The zero-order chi connectivity index (χ0) is 14.1. The number of benzene rings is 1. The molecule has 0 spiro atoms. The van der Waals surface area contributed by atoms with Crippen LogP contribution in [0.25, 0.3) is 0 Å². The van der Waals surface area contributed by atoms with Gasteiger partial charge in [-0.1, -0.05) is 11.6 Å². The largest absolute Gasteiger partial charge is 0.299 e. The molecule has 0 aromatic heterocycles. The summed E-state index contributed by atoms with van der Waals surface area (Å²) in [5.74, 6) is 3.11. The van der Waals surface area contributed by atoms with Crippen molar-refractivity contribution >= 4 is 34.9 Å². The van der Waals surface area contributed by atoms with Crippen molar-refractivity contribution in [2.45, 2.75) is 16.1 Å². The lowest BCUT2D eigenvalue weighted by atomic mass is 9.58. The smallest absolute Gasteiger partial charge is 0.154 e. The number of hydrogen-bond donors (Lipinski definition) is 0. The van der Waals surface area contributed by atoms with E-state index in [0.29, 0.717) is 40.3 Å². The lowest BCUT2D eigenvalue weighted by Gasteiger charge is -2.53. The van der Waals surface area contributed by atoms with Gasteiger partial charge in [-0.25, -0.2) is 0 Å². The van der Waals surface area contributed by atoms with Crippen molar-refractivity contribution in [3.05, 3.63) is 29.3 Å². The van der Waals surface area contributed by atoms with Gasteiger partial charge in [-0.05, 0) is 54.4 Å². The average molecular weight is 317 g/mol. The first-order valence-electron chi connectivity index (χ1n) is 7.67. The fraction of sp³-hybridized carbons (Fsp3) is 0.529. The third-order valence-corrected chi connectivity index (χ3v) is 8.81. The summed E-state index contributed by atoms with van der Waals surface area (Å²) in [5.41, 5.74) is 0. The molecule has 106 valence electrons.